The Morgan fingerprint density at radius 1 is 1.23 bits per heavy atom. The molecule has 3 nitrogen and oxygen atoms in total. The summed E-state index contributed by atoms with van der Waals surface area (Å²) in [6.07, 6.45) is 2.03. The summed E-state index contributed by atoms with van der Waals surface area (Å²) in [7, 11) is 1.61. The zero-order chi connectivity index (χ0) is 9.84. The third-order valence-electron chi connectivity index (χ3n) is 2.01. The van der Waals surface area contributed by atoms with Gasteiger partial charge in [0.2, 0.25) is 0 Å². The molecule has 0 fully saturated rings. The van der Waals surface area contributed by atoms with Crippen LogP contribution in [0, 0.1) is 0 Å². The van der Waals surface area contributed by atoms with Gasteiger partial charge in [0, 0.05) is 5.69 Å². The lowest BCUT2D eigenvalue weighted by Gasteiger charge is -2.09. The van der Waals surface area contributed by atoms with Crippen LogP contribution >= 0.6 is 0 Å². The number of benzene rings is 1. The van der Waals surface area contributed by atoms with Crippen molar-refractivity contribution in [1.82, 2.24) is 0 Å². The Hall–Kier alpha value is -1.38. The average molecular weight is 180 g/mol. The Bertz CT molecular complexity index is 297. The van der Waals surface area contributed by atoms with Gasteiger partial charge in [-0.15, -0.1) is 0 Å². The van der Waals surface area contributed by atoms with Gasteiger partial charge in [-0.1, -0.05) is 13.3 Å². The molecule has 0 saturated heterocycles. The average Bonchev–Trinajstić information content (AvgIpc) is 2.10. The summed E-state index contributed by atoms with van der Waals surface area (Å²) >= 11 is 0. The van der Waals surface area contributed by atoms with Gasteiger partial charge in [-0.2, -0.15) is 0 Å². The van der Waals surface area contributed by atoms with E-state index >= 15 is 0 Å². The maximum absolute atomic E-state index is 5.80. The largest absolute Gasteiger partial charge is 0.495 e. The Labute approximate surface area is 78.7 Å². The molecule has 0 heterocycles. The van der Waals surface area contributed by atoms with E-state index in [4.69, 9.17) is 16.2 Å². The molecule has 1 aromatic rings. The molecule has 0 bridgehead atoms. The number of aryl methyl sites for hydroxylation is 1. The first kappa shape index (κ1) is 9.71. The van der Waals surface area contributed by atoms with Crippen molar-refractivity contribution < 1.29 is 4.74 Å². The molecular formula is C10H16N2O. The number of hydrogen-bond donors (Lipinski definition) is 2. The lowest BCUT2D eigenvalue weighted by Crippen LogP contribution is -1.99. The van der Waals surface area contributed by atoms with Crippen molar-refractivity contribution in [2.75, 3.05) is 18.6 Å². The highest BCUT2D eigenvalue weighted by molar-refractivity contribution is 5.64. The predicted molar refractivity (Wildman–Crippen MR) is 55.8 cm³/mol. The van der Waals surface area contributed by atoms with Crippen molar-refractivity contribution >= 4 is 11.4 Å². The van der Waals surface area contributed by atoms with Crippen molar-refractivity contribution in [2.24, 2.45) is 0 Å². The number of ether oxygens (including phenoxy) is 1. The van der Waals surface area contributed by atoms with Gasteiger partial charge < -0.3 is 16.2 Å². The second kappa shape index (κ2) is 4.03. The Kier molecular flexibility index (Phi) is 3.01. The maximum Gasteiger partial charge on any atom is 0.142 e. The minimum absolute atomic E-state index is 0.597. The Morgan fingerprint density at radius 2 is 1.92 bits per heavy atom. The third kappa shape index (κ3) is 2.05. The fourth-order valence-electron chi connectivity index (χ4n) is 1.32. The van der Waals surface area contributed by atoms with Crippen LogP contribution in [0.1, 0.15) is 18.9 Å². The van der Waals surface area contributed by atoms with Gasteiger partial charge in [-0.05, 0) is 24.1 Å². The molecule has 1 rings (SSSR count). The molecule has 0 aliphatic rings. The molecule has 0 unspecified atom stereocenters. The van der Waals surface area contributed by atoms with E-state index in [1.807, 2.05) is 6.07 Å². The van der Waals surface area contributed by atoms with Crippen LogP contribution in [0.3, 0.4) is 0 Å². The quantitative estimate of drug-likeness (QED) is 0.697. The fraction of sp³-hybridized carbons (Fsp3) is 0.400. The van der Waals surface area contributed by atoms with E-state index in [0.29, 0.717) is 11.4 Å². The summed E-state index contributed by atoms with van der Waals surface area (Å²) in [6.45, 7) is 2.11. The van der Waals surface area contributed by atoms with Crippen LogP contribution in [0.5, 0.6) is 5.75 Å². The molecule has 0 aromatic heterocycles. The molecule has 13 heavy (non-hydrogen) atoms. The molecule has 0 aliphatic carbocycles. The highest BCUT2D eigenvalue weighted by Crippen LogP contribution is 2.27. The third-order valence-corrected chi connectivity index (χ3v) is 2.01. The second-order valence-electron chi connectivity index (χ2n) is 3.04. The molecule has 0 spiro atoms. The SMILES string of the molecule is CCCc1cc(OC)c(N)cc1N. The number of hydrogen-bond acceptors (Lipinski definition) is 3. The van der Waals surface area contributed by atoms with E-state index in [1.54, 1.807) is 13.2 Å². The van der Waals surface area contributed by atoms with Crippen LogP contribution in [-0.4, -0.2) is 7.11 Å². The lowest BCUT2D eigenvalue weighted by atomic mass is 10.1. The second-order valence-corrected chi connectivity index (χ2v) is 3.04. The minimum Gasteiger partial charge on any atom is -0.495 e. The van der Waals surface area contributed by atoms with Gasteiger partial charge in [0.15, 0.2) is 0 Å². The number of rotatable bonds is 3. The van der Waals surface area contributed by atoms with Crippen LogP contribution in [-0.2, 0) is 6.42 Å². The van der Waals surface area contributed by atoms with Crippen LogP contribution in [0.25, 0.3) is 0 Å². The number of methoxy groups -OCH3 is 1. The van der Waals surface area contributed by atoms with E-state index in [9.17, 15) is 0 Å². The zero-order valence-electron chi connectivity index (χ0n) is 8.13. The van der Waals surface area contributed by atoms with Crippen LogP contribution in [0.4, 0.5) is 11.4 Å². The predicted octanol–water partition coefficient (Wildman–Crippen LogP) is 1.81. The summed E-state index contributed by atoms with van der Waals surface area (Å²) in [5.41, 5.74) is 13.9. The topological polar surface area (TPSA) is 61.3 Å². The summed E-state index contributed by atoms with van der Waals surface area (Å²) in [6, 6.07) is 3.66. The molecule has 0 radical (unpaired) electrons. The van der Waals surface area contributed by atoms with Gasteiger partial charge in [-0.3, -0.25) is 0 Å². The van der Waals surface area contributed by atoms with Crippen LogP contribution < -0.4 is 16.2 Å². The minimum atomic E-state index is 0.597. The van der Waals surface area contributed by atoms with Gasteiger partial charge in [0.25, 0.3) is 0 Å². The standard InChI is InChI=1S/C10H16N2O/c1-3-4-7-5-10(13-2)9(12)6-8(7)11/h5-6H,3-4,11-12H2,1-2H3. The van der Waals surface area contributed by atoms with Crippen molar-refractivity contribution in [1.29, 1.82) is 0 Å². The van der Waals surface area contributed by atoms with Gasteiger partial charge in [0.05, 0.1) is 12.8 Å². The van der Waals surface area contributed by atoms with E-state index < -0.39 is 0 Å². The first-order chi connectivity index (χ1) is 6.19. The molecule has 1 aromatic carbocycles. The monoisotopic (exact) mass is 180 g/mol. The smallest absolute Gasteiger partial charge is 0.142 e. The van der Waals surface area contributed by atoms with Crippen molar-refractivity contribution in [3.8, 4) is 5.75 Å². The molecule has 4 N–H and O–H groups in total. The highest BCUT2D eigenvalue weighted by Gasteiger charge is 2.04. The molecule has 72 valence electrons. The van der Waals surface area contributed by atoms with Crippen LogP contribution in [0.15, 0.2) is 12.1 Å². The van der Waals surface area contributed by atoms with E-state index in [1.165, 1.54) is 0 Å². The van der Waals surface area contributed by atoms with Crippen LogP contribution in [0.2, 0.25) is 0 Å². The highest BCUT2D eigenvalue weighted by atomic mass is 16.5. The summed E-state index contributed by atoms with van der Waals surface area (Å²) in [5.74, 6) is 0.706. The lowest BCUT2D eigenvalue weighted by molar-refractivity contribution is 0.416. The first-order valence-corrected chi connectivity index (χ1v) is 4.41. The molecule has 0 amide bonds. The van der Waals surface area contributed by atoms with E-state index in [2.05, 4.69) is 6.92 Å². The van der Waals surface area contributed by atoms with Gasteiger partial charge >= 0.3 is 0 Å². The summed E-state index contributed by atoms with van der Waals surface area (Å²) in [5, 5.41) is 0. The van der Waals surface area contributed by atoms with Crippen molar-refractivity contribution in [3.63, 3.8) is 0 Å². The van der Waals surface area contributed by atoms with Gasteiger partial charge in [0.1, 0.15) is 5.75 Å². The van der Waals surface area contributed by atoms with Gasteiger partial charge in [-0.25, -0.2) is 0 Å². The molecule has 0 saturated carbocycles. The fourth-order valence-corrected chi connectivity index (χ4v) is 1.32. The van der Waals surface area contributed by atoms with Crippen molar-refractivity contribution in [2.45, 2.75) is 19.8 Å². The molecule has 0 aliphatic heterocycles. The first-order valence-electron chi connectivity index (χ1n) is 4.41. The maximum atomic E-state index is 5.80. The normalized spacial score (nSPS) is 10.0. The number of nitrogen functional groups attached to an aromatic ring is 2. The Morgan fingerprint density at radius 3 is 2.46 bits per heavy atom. The molecule has 0 atom stereocenters. The summed E-state index contributed by atoms with van der Waals surface area (Å²) in [4.78, 5) is 0. The van der Waals surface area contributed by atoms with E-state index in [0.717, 1.165) is 24.1 Å². The zero-order valence-corrected chi connectivity index (χ0v) is 8.13. The molecule has 3 heteroatoms. The van der Waals surface area contributed by atoms with Crippen molar-refractivity contribution in [3.05, 3.63) is 17.7 Å². The van der Waals surface area contributed by atoms with E-state index in [-0.39, 0.29) is 0 Å². The number of anilines is 2. The summed E-state index contributed by atoms with van der Waals surface area (Å²) < 4.78 is 5.11. The Balaban J connectivity index is 3.06. The molecular weight excluding hydrogens is 164 g/mol. The number of nitrogens with two attached hydrogens (primary N) is 2.